The summed E-state index contributed by atoms with van der Waals surface area (Å²) in [5.41, 5.74) is 1.82. The van der Waals surface area contributed by atoms with E-state index in [4.69, 9.17) is 13.9 Å². The number of hydrogen-bond acceptors (Lipinski definition) is 7. The Bertz CT molecular complexity index is 1390. The fourth-order valence-corrected chi connectivity index (χ4v) is 4.84. The summed E-state index contributed by atoms with van der Waals surface area (Å²) in [5, 5.41) is 9.04. The van der Waals surface area contributed by atoms with E-state index in [0.29, 0.717) is 23.2 Å². The molecule has 0 saturated carbocycles. The second-order valence-corrected chi connectivity index (χ2v) is 9.00. The summed E-state index contributed by atoms with van der Waals surface area (Å²) in [7, 11) is 3.25. The van der Waals surface area contributed by atoms with Gasteiger partial charge in [-0.25, -0.2) is 4.98 Å². The van der Waals surface area contributed by atoms with E-state index in [1.165, 1.54) is 0 Å². The van der Waals surface area contributed by atoms with Gasteiger partial charge in [0.2, 0.25) is 0 Å². The number of oxazole rings is 1. The molecule has 8 heteroatoms. The van der Waals surface area contributed by atoms with Gasteiger partial charge < -0.3 is 18.5 Å². The van der Waals surface area contributed by atoms with Crippen molar-refractivity contribution in [3.8, 4) is 34.2 Å². The fourth-order valence-electron chi connectivity index (χ4n) is 4.84. The highest BCUT2D eigenvalue weighted by Crippen LogP contribution is 2.39. The fraction of sp³-hybridized carbons (Fsp3) is 0.333. The van der Waals surface area contributed by atoms with Gasteiger partial charge in [-0.15, -0.1) is 10.2 Å². The molecule has 3 heterocycles. The number of aromatic nitrogens is 4. The smallest absolute Gasteiger partial charge is 0.191 e. The summed E-state index contributed by atoms with van der Waals surface area (Å²) >= 11 is 0. The van der Waals surface area contributed by atoms with Gasteiger partial charge in [-0.05, 0) is 38.0 Å². The highest BCUT2D eigenvalue weighted by Gasteiger charge is 2.42. The molecule has 35 heavy (non-hydrogen) atoms. The van der Waals surface area contributed by atoms with Crippen LogP contribution in [0.3, 0.4) is 0 Å². The standard InChI is InChI=1S/C27H28N4O4/c1-17-28-16-23(35-17)20-11-10-19(14-22(20)34-4)25-29-30-26-27(2,12-7-13-31(25)26)24(32)15-18-8-5-6-9-21(18)33-3/h5-6,8-11,14,16H,7,12-13,15H2,1-4H3. The van der Waals surface area contributed by atoms with Gasteiger partial charge in [-0.3, -0.25) is 4.79 Å². The highest BCUT2D eigenvalue weighted by molar-refractivity contribution is 5.91. The summed E-state index contributed by atoms with van der Waals surface area (Å²) in [5.74, 6) is 4.13. The van der Waals surface area contributed by atoms with Crippen molar-refractivity contribution < 1.29 is 18.7 Å². The van der Waals surface area contributed by atoms with Crippen molar-refractivity contribution >= 4 is 5.78 Å². The third-order valence-corrected chi connectivity index (χ3v) is 6.81. The van der Waals surface area contributed by atoms with Crippen molar-refractivity contribution in [2.75, 3.05) is 14.2 Å². The SMILES string of the molecule is COc1ccccc1CC(=O)C1(C)CCCn2c(-c3ccc(-c4cnc(C)o4)c(OC)c3)nnc21. The van der Waals surface area contributed by atoms with Gasteiger partial charge >= 0.3 is 0 Å². The maximum absolute atomic E-state index is 13.6. The molecule has 4 aromatic rings. The lowest BCUT2D eigenvalue weighted by Gasteiger charge is -2.32. The molecule has 0 N–H and O–H groups in total. The number of para-hydroxylation sites is 1. The molecule has 0 bridgehead atoms. The van der Waals surface area contributed by atoms with Crippen LogP contribution in [-0.2, 0) is 23.2 Å². The molecule has 0 amide bonds. The number of carbonyl (C=O) groups excluding carboxylic acids is 1. The summed E-state index contributed by atoms with van der Waals surface area (Å²) < 4.78 is 18.9. The third kappa shape index (κ3) is 3.99. The monoisotopic (exact) mass is 472 g/mol. The Kier molecular flexibility index (Phi) is 5.88. The van der Waals surface area contributed by atoms with Gasteiger partial charge in [0.25, 0.3) is 0 Å². The number of rotatable bonds is 7. The molecule has 1 unspecified atom stereocenters. The number of ketones is 1. The van der Waals surface area contributed by atoms with Crippen LogP contribution in [0.5, 0.6) is 11.5 Å². The van der Waals surface area contributed by atoms with E-state index in [0.717, 1.165) is 47.7 Å². The molecule has 5 rings (SSSR count). The van der Waals surface area contributed by atoms with E-state index in [9.17, 15) is 4.79 Å². The number of fused-ring (bicyclic) bond motifs is 1. The van der Waals surface area contributed by atoms with Crippen molar-refractivity contribution in [1.82, 2.24) is 19.7 Å². The van der Waals surface area contributed by atoms with Gasteiger partial charge in [0.1, 0.15) is 17.3 Å². The summed E-state index contributed by atoms with van der Waals surface area (Å²) in [6, 6.07) is 13.5. The average molecular weight is 473 g/mol. The third-order valence-electron chi connectivity index (χ3n) is 6.81. The number of carbonyl (C=O) groups is 1. The van der Waals surface area contributed by atoms with Crippen LogP contribution in [0.2, 0.25) is 0 Å². The second kappa shape index (κ2) is 9.02. The first-order valence-electron chi connectivity index (χ1n) is 11.6. The van der Waals surface area contributed by atoms with Crippen molar-refractivity contribution in [3.05, 3.63) is 65.9 Å². The number of methoxy groups -OCH3 is 2. The van der Waals surface area contributed by atoms with Crippen molar-refractivity contribution in [2.24, 2.45) is 0 Å². The van der Waals surface area contributed by atoms with Crippen LogP contribution in [0.1, 0.15) is 37.0 Å². The van der Waals surface area contributed by atoms with Crippen LogP contribution in [-0.4, -0.2) is 39.8 Å². The minimum Gasteiger partial charge on any atom is -0.496 e. The molecule has 180 valence electrons. The normalized spacial score (nSPS) is 17.1. The zero-order chi connectivity index (χ0) is 24.6. The zero-order valence-corrected chi connectivity index (χ0v) is 20.4. The molecular formula is C27H28N4O4. The zero-order valence-electron chi connectivity index (χ0n) is 20.4. The van der Waals surface area contributed by atoms with Gasteiger partial charge in [-0.2, -0.15) is 0 Å². The number of aryl methyl sites for hydroxylation is 1. The molecule has 8 nitrogen and oxygen atoms in total. The molecule has 2 aromatic carbocycles. The largest absolute Gasteiger partial charge is 0.496 e. The highest BCUT2D eigenvalue weighted by atomic mass is 16.5. The molecular weight excluding hydrogens is 444 g/mol. The van der Waals surface area contributed by atoms with Crippen molar-refractivity contribution in [3.63, 3.8) is 0 Å². The predicted octanol–water partition coefficient (Wildman–Crippen LogP) is 4.79. The second-order valence-electron chi connectivity index (χ2n) is 9.00. The number of ether oxygens (including phenoxy) is 2. The molecule has 0 fully saturated rings. The van der Waals surface area contributed by atoms with Crippen LogP contribution < -0.4 is 9.47 Å². The minimum absolute atomic E-state index is 0.107. The lowest BCUT2D eigenvalue weighted by Crippen LogP contribution is -2.40. The van der Waals surface area contributed by atoms with E-state index >= 15 is 0 Å². The van der Waals surface area contributed by atoms with E-state index in [-0.39, 0.29) is 12.2 Å². The van der Waals surface area contributed by atoms with E-state index in [1.54, 1.807) is 27.3 Å². The van der Waals surface area contributed by atoms with Crippen LogP contribution in [0.25, 0.3) is 22.7 Å². The summed E-state index contributed by atoms with van der Waals surface area (Å²) in [4.78, 5) is 17.8. The Morgan fingerprint density at radius 1 is 1.11 bits per heavy atom. The van der Waals surface area contributed by atoms with Crippen LogP contribution in [0, 0.1) is 6.92 Å². The molecule has 1 atom stereocenters. The molecule has 0 radical (unpaired) electrons. The van der Waals surface area contributed by atoms with Crippen LogP contribution in [0.4, 0.5) is 0 Å². The van der Waals surface area contributed by atoms with Crippen LogP contribution >= 0.6 is 0 Å². The van der Waals surface area contributed by atoms with Gasteiger partial charge in [0.15, 0.2) is 23.3 Å². The summed E-state index contributed by atoms with van der Waals surface area (Å²) in [6.45, 7) is 4.53. The van der Waals surface area contributed by atoms with Gasteiger partial charge in [0, 0.05) is 31.0 Å². The van der Waals surface area contributed by atoms with Gasteiger partial charge in [-0.1, -0.05) is 24.3 Å². The lowest BCUT2D eigenvalue weighted by molar-refractivity contribution is -0.124. The Morgan fingerprint density at radius 2 is 1.91 bits per heavy atom. The maximum atomic E-state index is 13.6. The number of nitrogens with zero attached hydrogens (tertiary/aromatic N) is 4. The average Bonchev–Trinajstić information content (AvgIpc) is 3.51. The lowest BCUT2D eigenvalue weighted by atomic mass is 9.76. The Balaban J connectivity index is 1.49. The maximum Gasteiger partial charge on any atom is 0.191 e. The molecule has 0 aliphatic carbocycles. The predicted molar refractivity (Wildman–Crippen MR) is 131 cm³/mol. The molecule has 1 aliphatic rings. The molecule has 0 saturated heterocycles. The Hall–Kier alpha value is -3.94. The van der Waals surface area contributed by atoms with Gasteiger partial charge in [0.05, 0.1) is 31.4 Å². The van der Waals surface area contributed by atoms with Crippen LogP contribution in [0.15, 0.2) is 53.1 Å². The first kappa shape index (κ1) is 22.8. The molecule has 0 spiro atoms. The number of benzene rings is 2. The Morgan fingerprint density at radius 3 is 2.66 bits per heavy atom. The first-order chi connectivity index (χ1) is 16.9. The topological polar surface area (TPSA) is 92.3 Å². The van der Waals surface area contributed by atoms with E-state index < -0.39 is 5.41 Å². The quantitative estimate of drug-likeness (QED) is 0.382. The summed E-state index contributed by atoms with van der Waals surface area (Å²) in [6.07, 6.45) is 3.55. The molecule has 1 aliphatic heterocycles. The first-order valence-corrected chi connectivity index (χ1v) is 11.6. The van der Waals surface area contributed by atoms with E-state index in [2.05, 4.69) is 19.7 Å². The minimum atomic E-state index is -0.730. The number of Topliss-reactive ketones (excluding diaryl/α,β-unsaturated/α-hetero) is 1. The van der Waals surface area contributed by atoms with Crippen molar-refractivity contribution in [1.29, 1.82) is 0 Å². The molecule has 2 aromatic heterocycles. The van der Waals surface area contributed by atoms with Crippen molar-refractivity contribution in [2.45, 2.75) is 45.1 Å². The Labute approximate surface area is 203 Å². The number of hydrogen-bond donors (Lipinski definition) is 0. The van der Waals surface area contributed by atoms with E-state index in [1.807, 2.05) is 49.4 Å².